The van der Waals surface area contributed by atoms with Crippen molar-refractivity contribution in [2.45, 2.75) is 44.1 Å². The maximum absolute atomic E-state index is 12.5. The monoisotopic (exact) mass is 312 g/mol. The van der Waals surface area contributed by atoms with Gasteiger partial charge in [0.05, 0.1) is 10.8 Å². The Morgan fingerprint density at radius 2 is 2.26 bits per heavy atom. The van der Waals surface area contributed by atoms with Crippen molar-refractivity contribution in [1.82, 2.24) is 15.5 Å². The molecule has 23 heavy (non-hydrogen) atoms. The number of benzene rings is 1. The van der Waals surface area contributed by atoms with Crippen molar-refractivity contribution in [2.24, 2.45) is 5.73 Å². The third-order valence-electron chi connectivity index (χ3n) is 5.46. The molecule has 4 rings (SSSR count). The smallest absolute Gasteiger partial charge is 0.234 e. The van der Waals surface area contributed by atoms with Crippen LogP contribution in [-0.2, 0) is 28.6 Å². The fourth-order valence-electron chi connectivity index (χ4n) is 4.06. The quantitative estimate of drug-likeness (QED) is 0.885. The molecule has 120 valence electrons. The number of nitrogens with one attached hydrogen (secondary N) is 1. The van der Waals surface area contributed by atoms with Gasteiger partial charge < -0.3 is 15.6 Å². The van der Waals surface area contributed by atoms with Gasteiger partial charge in [-0.25, -0.2) is 0 Å². The van der Waals surface area contributed by atoms with Crippen molar-refractivity contribution in [1.29, 1.82) is 0 Å². The Kier molecular flexibility index (Phi) is 2.90. The van der Waals surface area contributed by atoms with E-state index in [4.69, 9.17) is 10.3 Å². The fraction of sp³-hybridized carbons (Fsp3) is 0.471. The maximum atomic E-state index is 12.5. The van der Waals surface area contributed by atoms with Crippen LogP contribution in [0.2, 0.25) is 0 Å². The van der Waals surface area contributed by atoms with Crippen LogP contribution in [0.5, 0.6) is 0 Å². The number of aryl methyl sites for hydroxylation is 1. The van der Waals surface area contributed by atoms with Crippen LogP contribution in [0.25, 0.3) is 0 Å². The highest BCUT2D eigenvalue weighted by molar-refractivity contribution is 5.94. The molecule has 0 radical (unpaired) electrons. The molecule has 2 aliphatic rings. The number of fused-ring (bicyclic) bond motifs is 1. The maximum Gasteiger partial charge on any atom is 0.234 e. The van der Waals surface area contributed by atoms with E-state index in [1.165, 1.54) is 11.1 Å². The molecule has 2 unspecified atom stereocenters. The highest BCUT2D eigenvalue weighted by Gasteiger charge is 2.73. The van der Waals surface area contributed by atoms with Gasteiger partial charge in [0.2, 0.25) is 11.8 Å². The number of primary amides is 1. The van der Waals surface area contributed by atoms with Gasteiger partial charge in [-0.2, -0.15) is 4.98 Å². The van der Waals surface area contributed by atoms with E-state index < -0.39 is 10.8 Å². The van der Waals surface area contributed by atoms with Gasteiger partial charge in [-0.05, 0) is 49.9 Å². The molecule has 2 aromatic rings. The Morgan fingerprint density at radius 3 is 2.96 bits per heavy atom. The summed E-state index contributed by atoms with van der Waals surface area (Å²) in [5.41, 5.74) is 8.06. The minimum absolute atomic E-state index is 0.324. The molecule has 0 bridgehead atoms. The Labute approximate surface area is 134 Å². The standard InChI is InChI=1S/C17H20N4O2/c1-10-20-15(23-21-10)16(2)9-17(16,14(18)22)13-5-3-4-11-6-7-19-8-12(11)13/h3-5,19H,6-9H2,1-2H3,(H2,18,22). The lowest BCUT2D eigenvalue weighted by atomic mass is 9.81. The Balaban J connectivity index is 1.87. The number of aromatic nitrogens is 2. The minimum Gasteiger partial charge on any atom is -0.369 e. The highest BCUT2D eigenvalue weighted by atomic mass is 16.5. The zero-order chi connectivity index (χ0) is 16.2. The van der Waals surface area contributed by atoms with E-state index in [1.807, 2.05) is 19.1 Å². The summed E-state index contributed by atoms with van der Waals surface area (Å²) in [6.07, 6.45) is 1.57. The van der Waals surface area contributed by atoms with E-state index >= 15 is 0 Å². The Bertz CT molecular complexity index is 800. The van der Waals surface area contributed by atoms with E-state index in [-0.39, 0.29) is 5.91 Å². The number of nitrogens with two attached hydrogens (primary N) is 1. The van der Waals surface area contributed by atoms with Crippen LogP contribution in [0.3, 0.4) is 0 Å². The Morgan fingerprint density at radius 1 is 1.43 bits per heavy atom. The third kappa shape index (κ3) is 1.81. The zero-order valence-corrected chi connectivity index (χ0v) is 13.3. The number of hydrogen-bond acceptors (Lipinski definition) is 5. The second kappa shape index (κ2) is 4.64. The number of rotatable bonds is 3. The van der Waals surface area contributed by atoms with Crippen molar-refractivity contribution in [3.63, 3.8) is 0 Å². The third-order valence-corrected chi connectivity index (χ3v) is 5.46. The molecule has 1 aliphatic carbocycles. The van der Waals surface area contributed by atoms with E-state index in [2.05, 4.69) is 21.5 Å². The molecule has 2 heterocycles. The van der Waals surface area contributed by atoms with Crippen LogP contribution in [0, 0.1) is 6.92 Å². The molecular weight excluding hydrogens is 292 g/mol. The predicted octanol–water partition coefficient (Wildman–Crippen LogP) is 1.11. The summed E-state index contributed by atoms with van der Waals surface area (Å²) in [5, 5.41) is 7.27. The molecular formula is C17H20N4O2. The van der Waals surface area contributed by atoms with Gasteiger partial charge in [-0.1, -0.05) is 23.4 Å². The van der Waals surface area contributed by atoms with E-state index in [1.54, 1.807) is 6.92 Å². The van der Waals surface area contributed by atoms with Gasteiger partial charge in [-0.3, -0.25) is 4.79 Å². The normalized spacial score (nSPS) is 29.1. The molecule has 1 fully saturated rings. The summed E-state index contributed by atoms with van der Waals surface area (Å²) in [4.78, 5) is 16.8. The van der Waals surface area contributed by atoms with Crippen molar-refractivity contribution in [2.75, 3.05) is 6.54 Å². The summed E-state index contributed by atoms with van der Waals surface area (Å²) >= 11 is 0. The van der Waals surface area contributed by atoms with Crippen molar-refractivity contribution in [3.05, 3.63) is 46.6 Å². The zero-order valence-electron chi connectivity index (χ0n) is 13.3. The fourth-order valence-corrected chi connectivity index (χ4v) is 4.06. The van der Waals surface area contributed by atoms with Crippen molar-refractivity contribution in [3.8, 4) is 0 Å². The average Bonchev–Trinajstić information content (AvgIpc) is 2.96. The van der Waals surface area contributed by atoms with E-state index in [0.717, 1.165) is 25.1 Å². The van der Waals surface area contributed by atoms with Crippen LogP contribution >= 0.6 is 0 Å². The van der Waals surface area contributed by atoms with Crippen molar-refractivity contribution >= 4 is 5.91 Å². The molecule has 1 saturated carbocycles. The van der Waals surface area contributed by atoms with Crippen LogP contribution in [0.1, 0.15) is 41.8 Å². The van der Waals surface area contributed by atoms with Gasteiger partial charge in [-0.15, -0.1) is 0 Å². The molecule has 0 spiro atoms. The van der Waals surface area contributed by atoms with Gasteiger partial charge in [0.1, 0.15) is 0 Å². The van der Waals surface area contributed by atoms with Gasteiger partial charge in [0.25, 0.3) is 0 Å². The first kappa shape index (κ1) is 14.4. The highest BCUT2D eigenvalue weighted by Crippen LogP contribution is 2.65. The molecule has 0 saturated heterocycles. The first-order chi connectivity index (χ1) is 11.0. The summed E-state index contributed by atoms with van der Waals surface area (Å²) in [6, 6.07) is 6.16. The molecule has 1 aliphatic heterocycles. The van der Waals surface area contributed by atoms with Crippen LogP contribution in [0.4, 0.5) is 0 Å². The lowest BCUT2D eigenvalue weighted by Gasteiger charge is -2.26. The van der Waals surface area contributed by atoms with Crippen LogP contribution < -0.4 is 11.1 Å². The van der Waals surface area contributed by atoms with E-state index in [9.17, 15) is 4.79 Å². The molecule has 6 nitrogen and oxygen atoms in total. The lowest BCUT2D eigenvalue weighted by molar-refractivity contribution is -0.121. The molecule has 1 aromatic carbocycles. The number of nitrogens with zero attached hydrogens (tertiary/aromatic N) is 2. The topological polar surface area (TPSA) is 94.0 Å². The molecule has 3 N–H and O–H groups in total. The first-order valence-corrected chi connectivity index (χ1v) is 7.92. The van der Waals surface area contributed by atoms with Crippen molar-refractivity contribution < 1.29 is 9.32 Å². The number of carbonyl (C=O) groups is 1. The summed E-state index contributed by atoms with van der Waals surface area (Å²) in [5.74, 6) is 0.744. The lowest BCUT2D eigenvalue weighted by Crippen LogP contribution is -2.37. The molecule has 2 atom stereocenters. The number of amides is 1. The first-order valence-electron chi connectivity index (χ1n) is 7.92. The summed E-state index contributed by atoms with van der Waals surface area (Å²) < 4.78 is 5.38. The van der Waals surface area contributed by atoms with Crippen LogP contribution in [-0.4, -0.2) is 22.6 Å². The summed E-state index contributed by atoms with van der Waals surface area (Å²) in [7, 11) is 0. The van der Waals surface area contributed by atoms with Gasteiger partial charge in [0, 0.05) is 6.54 Å². The number of carbonyl (C=O) groups excluding carboxylic acids is 1. The van der Waals surface area contributed by atoms with Crippen LogP contribution in [0.15, 0.2) is 22.7 Å². The second-order valence-corrected chi connectivity index (χ2v) is 6.80. The largest absolute Gasteiger partial charge is 0.369 e. The molecule has 6 heteroatoms. The minimum atomic E-state index is -0.768. The average molecular weight is 312 g/mol. The van der Waals surface area contributed by atoms with Gasteiger partial charge >= 0.3 is 0 Å². The Hall–Kier alpha value is -2.21. The van der Waals surface area contributed by atoms with E-state index in [0.29, 0.717) is 18.1 Å². The number of hydrogen-bond donors (Lipinski definition) is 2. The predicted molar refractivity (Wildman–Crippen MR) is 83.7 cm³/mol. The summed E-state index contributed by atoms with van der Waals surface area (Å²) in [6.45, 7) is 5.49. The SMILES string of the molecule is Cc1noc(C2(C)CC2(C(N)=O)c2cccc3c2CNCC3)n1. The molecule has 1 amide bonds. The molecule has 1 aromatic heterocycles. The second-order valence-electron chi connectivity index (χ2n) is 6.80. The van der Waals surface area contributed by atoms with Gasteiger partial charge in [0.15, 0.2) is 5.82 Å².